The molecule has 7 nitrogen and oxygen atoms in total. The third-order valence-electron chi connectivity index (χ3n) is 4.71. The molecule has 0 bridgehead atoms. The monoisotopic (exact) mass is 449 g/mol. The van der Waals surface area contributed by atoms with Crippen molar-refractivity contribution in [3.05, 3.63) is 76.5 Å². The molecule has 1 aliphatic rings. The first-order valence-corrected chi connectivity index (χ1v) is 10.7. The molecule has 33 heavy (non-hydrogen) atoms. The van der Waals surface area contributed by atoms with Crippen LogP contribution in [0.3, 0.4) is 0 Å². The van der Waals surface area contributed by atoms with Crippen molar-refractivity contribution in [3.63, 3.8) is 0 Å². The van der Waals surface area contributed by atoms with Crippen LogP contribution in [0.15, 0.2) is 59.3 Å². The number of terminal acetylenes is 1. The number of hydrazone groups is 1. The van der Waals surface area contributed by atoms with Gasteiger partial charge in [-0.05, 0) is 36.5 Å². The Morgan fingerprint density at radius 1 is 1.09 bits per heavy atom. The smallest absolute Gasteiger partial charge is 0.322 e. The van der Waals surface area contributed by atoms with Crippen molar-refractivity contribution < 1.29 is 19.8 Å². The number of aliphatic hydroxyl groups excluding tert-OH is 1. The predicted octanol–water partition coefficient (Wildman–Crippen LogP) is 4.00. The first-order chi connectivity index (χ1) is 16.0. The fraction of sp³-hybridized carbons (Fsp3) is 0.269. The highest BCUT2D eigenvalue weighted by Crippen LogP contribution is 2.33. The molecule has 3 rings (SSSR count). The number of aliphatic hydroxyl groups is 1. The van der Waals surface area contributed by atoms with Gasteiger partial charge in [-0.3, -0.25) is 14.6 Å². The van der Waals surface area contributed by atoms with Gasteiger partial charge in [0.15, 0.2) is 11.5 Å². The van der Waals surface area contributed by atoms with Crippen molar-refractivity contribution in [2.24, 2.45) is 5.10 Å². The molecule has 174 valence electrons. The minimum atomic E-state index is -1.16. The van der Waals surface area contributed by atoms with E-state index in [1.54, 1.807) is 13.0 Å². The number of carbonyl (C=O) groups excluding carboxylic acids is 1. The molecule has 3 N–H and O–H groups in total. The van der Waals surface area contributed by atoms with Crippen molar-refractivity contribution in [2.45, 2.75) is 40.2 Å². The van der Waals surface area contributed by atoms with Gasteiger partial charge in [-0.25, -0.2) is 0 Å². The van der Waals surface area contributed by atoms with Gasteiger partial charge < -0.3 is 15.5 Å². The minimum absolute atomic E-state index is 0.0583. The molecule has 0 unspecified atom stereocenters. The highest BCUT2D eigenvalue weighted by Gasteiger charge is 2.30. The van der Waals surface area contributed by atoms with Crippen molar-refractivity contribution in [1.82, 2.24) is 10.3 Å². The second-order valence-electron chi connectivity index (χ2n) is 6.63. The molecule has 0 aromatic heterocycles. The molecule has 0 radical (unpaired) electrons. The number of rotatable bonds is 7. The number of carbonyl (C=O) groups is 2. The van der Waals surface area contributed by atoms with E-state index in [4.69, 9.17) is 5.11 Å². The van der Waals surface area contributed by atoms with E-state index >= 15 is 0 Å². The van der Waals surface area contributed by atoms with Gasteiger partial charge in [0.05, 0.1) is 6.54 Å². The summed E-state index contributed by atoms with van der Waals surface area (Å²) >= 11 is 0. The van der Waals surface area contributed by atoms with Crippen molar-refractivity contribution in [2.75, 3.05) is 6.54 Å². The third-order valence-corrected chi connectivity index (χ3v) is 4.71. The van der Waals surface area contributed by atoms with Crippen LogP contribution in [0.2, 0.25) is 0 Å². The summed E-state index contributed by atoms with van der Waals surface area (Å²) in [6, 6.07) is 15.8. The number of amides is 1. The topological polar surface area (TPSA) is 102 Å². The number of carboxylic acid groups (broad SMARTS) is 1. The SMILES string of the molecule is C#C.C/C=N\N1Cc2c(CCc3ccccc3)cccc2C(O)=C1C(=O)NCC(=O)O.CC. The van der Waals surface area contributed by atoms with Gasteiger partial charge in [0, 0.05) is 11.8 Å². The molecule has 2 aromatic rings. The lowest BCUT2D eigenvalue weighted by Crippen LogP contribution is -2.38. The van der Waals surface area contributed by atoms with E-state index in [2.05, 4.69) is 35.4 Å². The molecular weight excluding hydrogens is 418 g/mol. The van der Waals surface area contributed by atoms with E-state index in [1.807, 2.05) is 44.2 Å². The second-order valence-corrected chi connectivity index (χ2v) is 6.63. The van der Waals surface area contributed by atoms with Crippen LogP contribution in [-0.2, 0) is 29.0 Å². The van der Waals surface area contributed by atoms with E-state index in [-0.39, 0.29) is 11.5 Å². The van der Waals surface area contributed by atoms with Gasteiger partial charge in [-0.15, -0.1) is 12.8 Å². The Bertz CT molecular complexity index is 1010. The zero-order valence-electron chi connectivity index (χ0n) is 19.3. The summed E-state index contributed by atoms with van der Waals surface area (Å²) < 4.78 is 0. The van der Waals surface area contributed by atoms with Crippen LogP contribution < -0.4 is 5.32 Å². The van der Waals surface area contributed by atoms with Crippen LogP contribution in [0.5, 0.6) is 0 Å². The van der Waals surface area contributed by atoms with Gasteiger partial charge in [0.2, 0.25) is 0 Å². The molecule has 0 aliphatic carbocycles. The summed E-state index contributed by atoms with van der Waals surface area (Å²) in [5.41, 5.74) is 3.70. The number of nitrogens with zero attached hydrogens (tertiary/aromatic N) is 2. The summed E-state index contributed by atoms with van der Waals surface area (Å²) in [6.45, 7) is 5.48. The van der Waals surface area contributed by atoms with Crippen LogP contribution in [-0.4, -0.2) is 39.9 Å². The van der Waals surface area contributed by atoms with Crippen LogP contribution >= 0.6 is 0 Å². The predicted molar refractivity (Wildman–Crippen MR) is 131 cm³/mol. The fourth-order valence-electron chi connectivity index (χ4n) is 3.38. The molecule has 1 amide bonds. The maximum atomic E-state index is 12.5. The average Bonchev–Trinajstić information content (AvgIpc) is 2.85. The quantitative estimate of drug-likeness (QED) is 0.438. The Morgan fingerprint density at radius 3 is 2.36 bits per heavy atom. The van der Waals surface area contributed by atoms with Gasteiger partial charge in [-0.2, -0.15) is 5.10 Å². The molecule has 0 atom stereocenters. The summed E-state index contributed by atoms with van der Waals surface area (Å²) in [5, 5.41) is 27.5. The van der Waals surface area contributed by atoms with E-state index < -0.39 is 18.4 Å². The maximum absolute atomic E-state index is 12.5. The molecule has 0 saturated heterocycles. The average molecular weight is 450 g/mol. The number of aliphatic carboxylic acids is 1. The number of fused-ring (bicyclic) bond motifs is 1. The highest BCUT2D eigenvalue weighted by atomic mass is 16.4. The summed E-state index contributed by atoms with van der Waals surface area (Å²) in [6.07, 6.45) is 11.2. The molecule has 0 fully saturated rings. The zero-order valence-corrected chi connectivity index (χ0v) is 19.3. The highest BCUT2D eigenvalue weighted by molar-refractivity contribution is 6.01. The first kappa shape index (κ1) is 27.0. The van der Waals surface area contributed by atoms with E-state index in [9.17, 15) is 14.7 Å². The fourth-order valence-corrected chi connectivity index (χ4v) is 3.38. The summed E-state index contributed by atoms with van der Waals surface area (Å²) in [7, 11) is 0. The van der Waals surface area contributed by atoms with Crippen molar-refractivity contribution >= 4 is 23.9 Å². The largest absolute Gasteiger partial charge is 0.505 e. The minimum Gasteiger partial charge on any atom is -0.505 e. The van der Waals surface area contributed by atoms with Gasteiger partial charge in [0.25, 0.3) is 5.91 Å². The third kappa shape index (κ3) is 7.25. The van der Waals surface area contributed by atoms with Crippen LogP contribution in [0.4, 0.5) is 0 Å². The molecular formula is C26H31N3O4. The first-order valence-electron chi connectivity index (χ1n) is 10.7. The lowest BCUT2D eigenvalue weighted by Gasteiger charge is -2.29. The van der Waals surface area contributed by atoms with Crippen LogP contribution in [0, 0.1) is 12.8 Å². The normalized spacial score (nSPS) is 12.1. The van der Waals surface area contributed by atoms with Crippen molar-refractivity contribution in [3.8, 4) is 12.8 Å². The van der Waals surface area contributed by atoms with E-state index in [0.717, 1.165) is 24.0 Å². The van der Waals surface area contributed by atoms with Gasteiger partial charge >= 0.3 is 5.97 Å². The molecule has 1 aliphatic heterocycles. The molecule has 7 heteroatoms. The number of aryl methyl sites for hydroxylation is 2. The number of hydrogen-bond acceptors (Lipinski definition) is 5. The lowest BCUT2D eigenvalue weighted by molar-refractivity contribution is -0.137. The lowest BCUT2D eigenvalue weighted by atomic mass is 9.92. The Labute approximate surface area is 195 Å². The number of benzene rings is 2. The summed E-state index contributed by atoms with van der Waals surface area (Å²) in [4.78, 5) is 23.3. The standard InChI is InChI=1S/C22H23N3O4.C2H6.C2H2/c1-2-24-25-14-18-16(12-11-15-7-4-3-5-8-15)9-6-10-17(18)21(28)20(25)22(29)23-13-19(26)27;2*1-2/h2-10,28H,11-14H2,1H3,(H,23,29)(H,26,27);1-2H3;1-2H/b24-2-;;. The Morgan fingerprint density at radius 2 is 1.76 bits per heavy atom. The number of hydrogen-bond donors (Lipinski definition) is 3. The van der Waals surface area contributed by atoms with Gasteiger partial charge in [0.1, 0.15) is 6.54 Å². The van der Waals surface area contributed by atoms with E-state index in [1.165, 1.54) is 16.8 Å². The van der Waals surface area contributed by atoms with Crippen LogP contribution in [0.1, 0.15) is 43.0 Å². The summed E-state index contributed by atoms with van der Waals surface area (Å²) in [5.74, 6) is -2.06. The van der Waals surface area contributed by atoms with Gasteiger partial charge in [-0.1, -0.05) is 62.4 Å². The Hall–Kier alpha value is -4.05. The van der Waals surface area contributed by atoms with Crippen LogP contribution in [0.25, 0.3) is 5.76 Å². The Kier molecular flexibility index (Phi) is 11.5. The van der Waals surface area contributed by atoms with E-state index in [0.29, 0.717) is 12.1 Å². The second kappa shape index (κ2) is 14.1. The van der Waals surface area contributed by atoms with Crippen molar-refractivity contribution in [1.29, 1.82) is 0 Å². The number of nitrogens with one attached hydrogen (secondary N) is 1. The maximum Gasteiger partial charge on any atom is 0.322 e. The zero-order chi connectivity index (χ0) is 24.8. The molecule has 2 aromatic carbocycles. The number of carboxylic acids is 1. The molecule has 0 saturated carbocycles. The Balaban J connectivity index is 0.00000129. The molecule has 1 heterocycles. The molecule has 0 spiro atoms.